The molecule has 3 N–H and O–H groups in total. The van der Waals surface area contributed by atoms with Crippen molar-refractivity contribution in [2.75, 3.05) is 0 Å². The van der Waals surface area contributed by atoms with E-state index in [0.717, 1.165) is 12.8 Å². The van der Waals surface area contributed by atoms with Crippen LogP contribution in [0.25, 0.3) is 0 Å². The SMILES string of the molecule is Cl.N[C@H](c1c(F)c(F)c(F)c(F)c1F)[C@@H](O)C1CCCC1. The average molecular weight is 332 g/mol. The summed E-state index contributed by atoms with van der Waals surface area (Å²) in [4.78, 5) is 0. The minimum Gasteiger partial charge on any atom is -0.391 e. The minimum absolute atomic E-state index is 0. The molecule has 0 saturated heterocycles. The third-order valence-corrected chi connectivity index (χ3v) is 3.83. The van der Waals surface area contributed by atoms with Crippen LogP contribution in [0, 0.1) is 35.0 Å². The highest BCUT2D eigenvalue weighted by molar-refractivity contribution is 5.85. The molecule has 0 radical (unpaired) electrons. The van der Waals surface area contributed by atoms with Crippen LogP contribution in [0.4, 0.5) is 22.0 Å². The summed E-state index contributed by atoms with van der Waals surface area (Å²) >= 11 is 0. The van der Waals surface area contributed by atoms with Gasteiger partial charge in [-0.3, -0.25) is 0 Å². The van der Waals surface area contributed by atoms with Crippen molar-refractivity contribution in [3.63, 3.8) is 0 Å². The van der Waals surface area contributed by atoms with Crippen molar-refractivity contribution >= 4 is 12.4 Å². The summed E-state index contributed by atoms with van der Waals surface area (Å²) in [7, 11) is 0. The van der Waals surface area contributed by atoms with Crippen molar-refractivity contribution in [2.45, 2.75) is 37.8 Å². The lowest BCUT2D eigenvalue weighted by Crippen LogP contribution is -2.34. The van der Waals surface area contributed by atoms with E-state index in [1.165, 1.54) is 0 Å². The van der Waals surface area contributed by atoms with Crippen LogP contribution in [0.2, 0.25) is 0 Å². The van der Waals surface area contributed by atoms with E-state index in [0.29, 0.717) is 12.8 Å². The van der Waals surface area contributed by atoms with Gasteiger partial charge in [-0.15, -0.1) is 12.4 Å². The molecule has 1 aliphatic carbocycles. The molecular weight excluding hydrogens is 317 g/mol. The highest BCUT2D eigenvalue weighted by atomic mass is 35.5. The Morgan fingerprint density at radius 3 is 1.67 bits per heavy atom. The zero-order chi connectivity index (χ0) is 15.0. The molecule has 1 fully saturated rings. The summed E-state index contributed by atoms with van der Waals surface area (Å²) in [5.41, 5.74) is 4.37. The minimum atomic E-state index is -2.23. The first-order valence-corrected chi connectivity index (χ1v) is 6.31. The second-order valence-electron chi connectivity index (χ2n) is 5.04. The zero-order valence-corrected chi connectivity index (χ0v) is 11.7. The second-order valence-corrected chi connectivity index (χ2v) is 5.04. The van der Waals surface area contributed by atoms with Crippen LogP contribution < -0.4 is 5.73 Å². The number of halogens is 6. The van der Waals surface area contributed by atoms with Crippen LogP contribution >= 0.6 is 12.4 Å². The van der Waals surface area contributed by atoms with Crippen LogP contribution in [0.1, 0.15) is 37.3 Å². The Kier molecular flexibility index (Phi) is 5.95. The van der Waals surface area contributed by atoms with Gasteiger partial charge in [-0.2, -0.15) is 0 Å². The molecule has 0 aliphatic heterocycles. The molecule has 1 aliphatic rings. The predicted octanol–water partition coefficient (Wildman–Crippen LogP) is 3.35. The van der Waals surface area contributed by atoms with Gasteiger partial charge in [-0.1, -0.05) is 12.8 Å². The van der Waals surface area contributed by atoms with Gasteiger partial charge in [0.15, 0.2) is 23.3 Å². The van der Waals surface area contributed by atoms with E-state index in [4.69, 9.17) is 5.73 Å². The summed E-state index contributed by atoms with van der Waals surface area (Å²) in [6, 6.07) is -1.65. The molecule has 1 aromatic rings. The van der Waals surface area contributed by atoms with Crippen LogP contribution in [-0.4, -0.2) is 11.2 Å². The molecule has 8 heteroatoms. The molecule has 21 heavy (non-hydrogen) atoms. The van der Waals surface area contributed by atoms with Crippen molar-refractivity contribution in [3.8, 4) is 0 Å². The lowest BCUT2D eigenvalue weighted by atomic mass is 9.90. The van der Waals surface area contributed by atoms with Gasteiger partial charge < -0.3 is 10.8 Å². The summed E-state index contributed by atoms with van der Waals surface area (Å²) in [5.74, 6) is -10.6. The fraction of sp³-hybridized carbons (Fsp3) is 0.538. The van der Waals surface area contributed by atoms with E-state index in [1.807, 2.05) is 0 Å². The number of benzene rings is 1. The smallest absolute Gasteiger partial charge is 0.200 e. The first-order valence-electron chi connectivity index (χ1n) is 6.31. The lowest BCUT2D eigenvalue weighted by Gasteiger charge is -2.25. The molecule has 0 aromatic heterocycles. The van der Waals surface area contributed by atoms with E-state index >= 15 is 0 Å². The first-order chi connectivity index (χ1) is 9.36. The van der Waals surface area contributed by atoms with Crippen LogP contribution in [0.5, 0.6) is 0 Å². The van der Waals surface area contributed by atoms with E-state index in [-0.39, 0.29) is 18.3 Å². The summed E-state index contributed by atoms with van der Waals surface area (Å²) in [6.07, 6.45) is 1.57. The average Bonchev–Trinajstić information content (AvgIpc) is 2.96. The van der Waals surface area contributed by atoms with Crippen molar-refractivity contribution in [3.05, 3.63) is 34.6 Å². The van der Waals surface area contributed by atoms with Crippen molar-refractivity contribution in [2.24, 2.45) is 11.7 Å². The zero-order valence-electron chi connectivity index (χ0n) is 10.9. The Labute approximate surface area is 124 Å². The lowest BCUT2D eigenvalue weighted by molar-refractivity contribution is 0.0811. The van der Waals surface area contributed by atoms with Gasteiger partial charge >= 0.3 is 0 Å². The highest BCUT2D eigenvalue weighted by Gasteiger charge is 2.35. The molecule has 2 atom stereocenters. The Bertz CT molecular complexity index is 493. The molecule has 120 valence electrons. The van der Waals surface area contributed by atoms with E-state index < -0.39 is 46.8 Å². The van der Waals surface area contributed by atoms with E-state index in [1.54, 1.807) is 0 Å². The fourth-order valence-electron chi connectivity index (χ4n) is 2.68. The van der Waals surface area contributed by atoms with Gasteiger partial charge in [0.25, 0.3) is 0 Å². The molecule has 0 spiro atoms. The molecule has 0 amide bonds. The number of hydrogen-bond donors (Lipinski definition) is 2. The maximum atomic E-state index is 13.6. The molecule has 1 saturated carbocycles. The monoisotopic (exact) mass is 331 g/mol. The molecular formula is C13H15ClF5NO. The van der Waals surface area contributed by atoms with Crippen LogP contribution in [0.3, 0.4) is 0 Å². The van der Waals surface area contributed by atoms with Crippen LogP contribution in [0.15, 0.2) is 0 Å². The van der Waals surface area contributed by atoms with Gasteiger partial charge in [0.2, 0.25) is 5.82 Å². The van der Waals surface area contributed by atoms with E-state index in [9.17, 15) is 27.1 Å². The van der Waals surface area contributed by atoms with E-state index in [2.05, 4.69) is 0 Å². The third kappa shape index (κ3) is 3.14. The topological polar surface area (TPSA) is 46.2 Å². The van der Waals surface area contributed by atoms with Gasteiger partial charge in [-0.25, -0.2) is 22.0 Å². The number of rotatable bonds is 3. The Balaban J connectivity index is 0.00000220. The third-order valence-electron chi connectivity index (χ3n) is 3.83. The van der Waals surface area contributed by atoms with Gasteiger partial charge in [0, 0.05) is 5.56 Å². The van der Waals surface area contributed by atoms with Crippen molar-refractivity contribution < 1.29 is 27.1 Å². The summed E-state index contributed by atoms with van der Waals surface area (Å²) in [6.45, 7) is 0. The number of aliphatic hydroxyl groups excluding tert-OH is 1. The number of aliphatic hydroxyl groups is 1. The normalized spacial score (nSPS) is 18.4. The fourth-order valence-corrected chi connectivity index (χ4v) is 2.68. The van der Waals surface area contributed by atoms with Gasteiger partial charge in [0.1, 0.15) is 0 Å². The summed E-state index contributed by atoms with van der Waals surface area (Å²) in [5, 5.41) is 9.97. The molecule has 1 aromatic carbocycles. The number of nitrogens with two attached hydrogens (primary N) is 1. The molecule has 2 rings (SSSR count). The Morgan fingerprint density at radius 1 is 0.857 bits per heavy atom. The van der Waals surface area contributed by atoms with Crippen molar-refractivity contribution in [1.29, 1.82) is 0 Å². The van der Waals surface area contributed by atoms with Crippen molar-refractivity contribution in [1.82, 2.24) is 0 Å². The van der Waals surface area contributed by atoms with Gasteiger partial charge in [-0.05, 0) is 18.8 Å². The van der Waals surface area contributed by atoms with Crippen LogP contribution in [-0.2, 0) is 0 Å². The first kappa shape index (κ1) is 18.1. The second kappa shape index (κ2) is 6.89. The molecule has 0 bridgehead atoms. The molecule has 0 heterocycles. The maximum absolute atomic E-state index is 13.6. The van der Waals surface area contributed by atoms with Gasteiger partial charge in [0.05, 0.1) is 12.1 Å². The predicted molar refractivity (Wildman–Crippen MR) is 68.4 cm³/mol. The molecule has 2 nitrogen and oxygen atoms in total. The highest BCUT2D eigenvalue weighted by Crippen LogP contribution is 2.35. The number of hydrogen-bond acceptors (Lipinski definition) is 2. The maximum Gasteiger partial charge on any atom is 0.200 e. The standard InChI is InChI=1S/C13H14F5NO.ClH/c14-7-6(8(15)10(17)11(18)9(7)16)12(19)13(20)5-3-1-2-4-5;/h5,12-13,20H,1-4,19H2;1H/t12-,13+;/m1./s1. The summed E-state index contributed by atoms with van der Waals surface area (Å²) < 4.78 is 66.3. The largest absolute Gasteiger partial charge is 0.391 e. The Hall–Kier alpha value is -0.920. The quantitative estimate of drug-likeness (QED) is 0.507. The molecule has 0 unspecified atom stereocenters. The Morgan fingerprint density at radius 2 is 1.24 bits per heavy atom.